The van der Waals surface area contributed by atoms with Crippen molar-refractivity contribution in [3.8, 4) is 5.75 Å². The van der Waals surface area contributed by atoms with Crippen molar-refractivity contribution in [3.63, 3.8) is 0 Å². The molecule has 1 atom stereocenters. The van der Waals surface area contributed by atoms with Crippen LogP contribution in [-0.2, 0) is 27.2 Å². The van der Waals surface area contributed by atoms with Crippen molar-refractivity contribution in [2.75, 3.05) is 19.0 Å². The van der Waals surface area contributed by atoms with Crippen LogP contribution in [0.5, 0.6) is 5.75 Å². The van der Waals surface area contributed by atoms with Crippen LogP contribution in [0, 0.1) is 5.92 Å². The van der Waals surface area contributed by atoms with Gasteiger partial charge in [-0.25, -0.2) is 4.79 Å². The first-order valence-electron chi connectivity index (χ1n) is 11.0. The quantitative estimate of drug-likeness (QED) is 0.585. The summed E-state index contributed by atoms with van der Waals surface area (Å²) in [4.78, 5) is 38.2. The van der Waals surface area contributed by atoms with Crippen LogP contribution in [0.2, 0.25) is 0 Å². The van der Waals surface area contributed by atoms with Gasteiger partial charge in [-0.15, -0.1) is 11.3 Å². The predicted octanol–water partition coefficient (Wildman–Crippen LogP) is 4.02. The molecular formula is C24H28N2O5S. The average molecular weight is 457 g/mol. The average Bonchev–Trinajstić information content (AvgIpc) is 3.56. The van der Waals surface area contributed by atoms with E-state index >= 15 is 0 Å². The van der Waals surface area contributed by atoms with Crippen molar-refractivity contribution >= 4 is 34.1 Å². The smallest absolute Gasteiger partial charge is 0.341 e. The molecule has 170 valence electrons. The number of aryl methyl sites for hydroxylation is 1. The fourth-order valence-electron chi connectivity index (χ4n) is 4.16. The lowest BCUT2D eigenvalue weighted by Gasteiger charge is -2.19. The Hall–Kier alpha value is -2.87. The number of fused-ring (bicyclic) bond motifs is 1. The summed E-state index contributed by atoms with van der Waals surface area (Å²) in [5.74, 6) is 0.0186. The summed E-state index contributed by atoms with van der Waals surface area (Å²) >= 11 is 1.43. The van der Waals surface area contributed by atoms with Gasteiger partial charge < -0.3 is 20.1 Å². The van der Waals surface area contributed by atoms with Crippen LogP contribution in [0.15, 0.2) is 24.3 Å². The van der Waals surface area contributed by atoms with Crippen LogP contribution < -0.4 is 15.4 Å². The Bertz CT molecular complexity index is 1010. The number of carbonyl (C=O) groups is 3. The number of esters is 1. The molecule has 1 heterocycles. The molecule has 2 amide bonds. The molecule has 1 fully saturated rings. The highest BCUT2D eigenvalue weighted by atomic mass is 32.1. The first-order chi connectivity index (χ1) is 15.5. The predicted molar refractivity (Wildman–Crippen MR) is 122 cm³/mol. The van der Waals surface area contributed by atoms with Gasteiger partial charge in [-0.05, 0) is 67.7 Å². The summed E-state index contributed by atoms with van der Waals surface area (Å²) in [5.41, 5.74) is 2.36. The highest BCUT2D eigenvalue weighted by molar-refractivity contribution is 7.17. The molecule has 1 saturated carbocycles. The van der Waals surface area contributed by atoms with E-state index in [4.69, 9.17) is 9.47 Å². The van der Waals surface area contributed by atoms with E-state index < -0.39 is 5.97 Å². The van der Waals surface area contributed by atoms with E-state index in [1.54, 1.807) is 7.11 Å². The minimum atomic E-state index is -0.560. The Morgan fingerprint density at radius 2 is 1.84 bits per heavy atom. The van der Waals surface area contributed by atoms with Crippen LogP contribution in [0.1, 0.15) is 65.0 Å². The zero-order valence-corrected chi connectivity index (χ0v) is 19.2. The lowest BCUT2D eigenvalue weighted by atomic mass is 9.95. The van der Waals surface area contributed by atoms with Gasteiger partial charge in [0.25, 0.3) is 5.91 Å². The molecule has 0 saturated heterocycles. The highest BCUT2D eigenvalue weighted by Gasteiger charge is 2.34. The van der Waals surface area contributed by atoms with Gasteiger partial charge >= 0.3 is 5.97 Å². The van der Waals surface area contributed by atoms with Gasteiger partial charge in [0.1, 0.15) is 10.8 Å². The van der Waals surface area contributed by atoms with Crippen LogP contribution in [-0.4, -0.2) is 31.5 Å². The van der Waals surface area contributed by atoms with Crippen molar-refractivity contribution < 1.29 is 23.9 Å². The molecule has 1 unspecified atom stereocenters. The number of rotatable bonds is 8. The summed E-state index contributed by atoms with van der Waals surface area (Å²) in [6.45, 7) is 1.06. The molecule has 1 aromatic heterocycles. The second-order valence-corrected chi connectivity index (χ2v) is 9.43. The molecule has 8 heteroatoms. The fraction of sp³-hybridized carbons (Fsp3) is 0.458. The zero-order valence-electron chi connectivity index (χ0n) is 18.4. The van der Waals surface area contributed by atoms with Crippen molar-refractivity contribution in [2.45, 2.75) is 51.5 Å². The standard InChI is InChI=1S/C24H28N2O5S/c1-14(27)25-23-21(18-5-3-4-6-19(18)32-23)24(29)31-13-20(28)26-22(15-7-8-15)16-9-11-17(30-2)12-10-16/h9-12,15,22H,3-8,13H2,1-2H3,(H,25,27)(H,26,28). The molecule has 1 aromatic carbocycles. The molecule has 2 aliphatic rings. The molecule has 2 N–H and O–H groups in total. The third kappa shape index (κ3) is 5.12. The normalized spacial score (nSPS) is 15.9. The number of hydrogen-bond donors (Lipinski definition) is 2. The summed E-state index contributed by atoms with van der Waals surface area (Å²) in [5, 5.41) is 6.29. The van der Waals surface area contributed by atoms with Gasteiger partial charge in [0, 0.05) is 11.8 Å². The summed E-state index contributed by atoms with van der Waals surface area (Å²) in [6, 6.07) is 7.54. The monoisotopic (exact) mass is 456 g/mol. The summed E-state index contributed by atoms with van der Waals surface area (Å²) in [7, 11) is 1.62. The van der Waals surface area contributed by atoms with E-state index in [1.165, 1.54) is 18.3 Å². The van der Waals surface area contributed by atoms with Crippen LogP contribution in [0.3, 0.4) is 0 Å². The number of thiophene rings is 1. The molecule has 2 aromatic rings. The minimum absolute atomic E-state index is 0.115. The number of hydrogen-bond acceptors (Lipinski definition) is 6. The number of nitrogens with one attached hydrogen (secondary N) is 2. The Morgan fingerprint density at radius 1 is 1.12 bits per heavy atom. The van der Waals surface area contributed by atoms with Gasteiger partial charge in [0.05, 0.1) is 18.7 Å². The third-order valence-corrected chi connectivity index (χ3v) is 7.09. The van der Waals surface area contributed by atoms with E-state index in [-0.39, 0.29) is 24.5 Å². The first-order valence-corrected chi connectivity index (χ1v) is 11.8. The number of amides is 2. The minimum Gasteiger partial charge on any atom is -0.497 e. The first kappa shape index (κ1) is 22.3. The summed E-state index contributed by atoms with van der Waals surface area (Å²) < 4.78 is 10.6. The molecular weight excluding hydrogens is 428 g/mol. The van der Waals surface area contributed by atoms with Crippen molar-refractivity contribution in [2.24, 2.45) is 5.92 Å². The number of anilines is 1. The van der Waals surface area contributed by atoms with E-state index in [1.807, 2.05) is 24.3 Å². The molecule has 32 heavy (non-hydrogen) atoms. The van der Waals surface area contributed by atoms with E-state index in [2.05, 4.69) is 10.6 Å². The highest BCUT2D eigenvalue weighted by Crippen LogP contribution is 2.41. The second-order valence-electron chi connectivity index (χ2n) is 8.33. The summed E-state index contributed by atoms with van der Waals surface area (Å²) in [6.07, 6.45) is 5.84. The lowest BCUT2D eigenvalue weighted by molar-refractivity contribution is -0.125. The van der Waals surface area contributed by atoms with Gasteiger partial charge in [0.15, 0.2) is 6.61 Å². The topological polar surface area (TPSA) is 93.7 Å². The van der Waals surface area contributed by atoms with Crippen molar-refractivity contribution in [3.05, 3.63) is 45.8 Å². The van der Waals surface area contributed by atoms with Gasteiger partial charge in [-0.3, -0.25) is 9.59 Å². The molecule has 0 radical (unpaired) electrons. The largest absolute Gasteiger partial charge is 0.497 e. The van der Waals surface area contributed by atoms with Crippen molar-refractivity contribution in [1.82, 2.24) is 5.32 Å². The molecule has 0 bridgehead atoms. The second kappa shape index (κ2) is 9.73. The fourth-order valence-corrected chi connectivity index (χ4v) is 5.49. The van der Waals surface area contributed by atoms with Gasteiger partial charge in [-0.2, -0.15) is 0 Å². The molecule has 0 spiro atoms. The van der Waals surface area contributed by atoms with Crippen LogP contribution in [0.25, 0.3) is 0 Å². The third-order valence-electron chi connectivity index (χ3n) is 5.88. The number of carbonyl (C=O) groups excluding carboxylic acids is 3. The Kier molecular flexibility index (Phi) is 6.79. The Morgan fingerprint density at radius 3 is 2.50 bits per heavy atom. The maximum atomic E-state index is 12.9. The molecule has 0 aliphatic heterocycles. The van der Waals surface area contributed by atoms with Gasteiger partial charge in [0.2, 0.25) is 5.91 Å². The molecule has 4 rings (SSSR count). The maximum absolute atomic E-state index is 12.9. The van der Waals surface area contributed by atoms with Crippen LogP contribution in [0.4, 0.5) is 5.00 Å². The van der Waals surface area contributed by atoms with E-state index in [0.717, 1.165) is 60.3 Å². The number of benzene rings is 1. The molecule has 2 aliphatic carbocycles. The Labute approximate surface area is 191 Å². The van der Waals surface area contributed by atoms with Gasteiger partial charge in [-0.1, -0.05) is 12.1 Å². The number of ether oxygens (including phenoxy) is 2. The van der Waals surface area contributed by atoms with Crippen molar-refractivity contribution in [1.29, 1.82) is 0 Å². The van der Waals surface area contributed by atoms with E-state index in [0.29, 0.717) is 16.5 Å². The molecule has 7 nitrogen and oxygen atoms in total. The lowest BCUT2D eigenvalue weighted by Crippen LogP contribution is -2.33. The SMILES string of the molecule is COc1ccc(C(NC(=O)COC(=O)c2c(NC(C)=O)sc3c2CCCC3)C2CC2)cc1. The maximum Gasteiger partial charge on any atom is 0.341 e. The van der Waals surface area contributed by atoms with E-state index in [9.17, 15) is 14.4 Å². The number of methoxy groups -OCH3 is 1. The van der Waals surface area contributed by atoms with Crippen LogP contribution >= 0.6 is 11.3 Å². The zero-order chi connectivity index (χ0) is 22.7. The Balaban J connectivity index is 1.41.